The number of carbonyl (C=O) groups excluding carboxylic acids is 1. The second-order valence-corrected chi connectivity index (χ2v) is 6.39. The Kier molecular flexibility index (Phi) is 5.08. The molecule has 0 aliphatic heterocycles. The zero-order valence-electron chi connectivity index (χ0n) is 14.1. The standard InChI is InChI=1S/C17H15N5O3S/c1-3-21-16(12-6-8-18-9-7-12)19-20-17(21)26-15-5-4-13(22(24)25)10-14(15)11(2)23/h4-10H,3H2,1-2H3. The molecule has 0 amide bonds. The first-order valence-electron chi connectivity index (χ1n) is 7.82. The summed E-state index contributed by atoms with van der Waals surface area (Å²) in [6.07, 6.45) is 3.36. The van der Waals surface area contributed by atoms with Crippen molar-refractivity contribution >= 4 is 23.2 Å². The second-order valence-electron chi connectivity index (χ2n) is 5.38. The molecule has 8 nitrogen and oxygen atoms in total. The first-order chi connectivity index (χ1) is 12.5. The summed E-state index contributed by atoms with van der Waals surface area (Å²) < 4.78 is 1.92. The number of carbonyl (C=O) groups is 1. The molecule has 9 heteroatoms. The van der Waals surface area contributed by atoms with E-state index in [0.29, 0.717) is 28.0 Å². The average molecular weight is 369 g/mol. The SMILES string of the molecule is CCn1c(Sc2ccc([N+](=O)[O-])cc2C(C)=O)nnc1-c1ccncc1. The second kappa shape index (κ2) is 7.44. The highest BCUT2D eigenvalue weighted by Gasteiger charge is 2.19. The van der Waals surface area contributed by atoms with Crippen molar-refractivity contribution in [3.8, 4) is 11.4 Å². The summed E-state index contributed by atoms with van der Waals surface area (Å²) in [6.45, 7) is 3.99. The fourth-order valence-electron chi connectivity index (χ4n) is 2.46. The molecule has 26 heavy (non-hydrogen) atoms. The van der Waals surface area contributed by atoms with Crippen molar-refractivity contribution in [2.45, 2.75) is 30.4 Å². The van der Waals surface area contributed by atoms with Crippen molar-refractivity contribution in [1.82, 2.24) is 19.7 Å². The fraction of sp³-hybridized carbons (Fsp3) is 0.176. The van der Waals surface area contributed by atoms with E-state index in [1.165, 1.54) is 30.8 Å². The number of pyridine rings is 1. The van der Waals surface area contributed by atoms with Crippen LogP contribution < -0.4 is 0 Å². The topological polar surface area (TPSA) is 104 Å². The number of ketones is 1. The van der Waals surface area contributed by atoms with Gasteiger partial charge in [-0.1, -0.05) is 0 Å². The molecule has 0 saturated heterocycles. The van der Waals surface area contributed by atoms with E-state index in [9.17, 15) is 14.9 Å². The van der Waals surface area contributed by atoms with Crippen LogP contribution in [-0.2, 0) is 6.54 Å². The summed E-state index contributed by atoms with van der Waals surface area (Å²) in [5.41, 5.74) is 1.06. The van der Waals surface area contributed by atoms with E-state index in [1.54, 1.807) is 18.5 Å². The summed E-state index contributed by atoms with van der Waals surface area (Å²) in [4.78, 5) is 27.0. The lowest BCUT2D eigenvalue weighted by molar-refractivity contribution is -0.384. The quantitative estimate of drug-likeness (QED) is 0.371. The summed E-state index contributed by atoms with van der Waals surface area (Å²) >= 11 is 1.26. The largest absolute Gasteiger partial charge is 0.302 e. The molecular formula is C17H15N5O3S. The molecule has 0 radical (unpaired) electrons. The zero-order chi connectivity index (χ0) is 18.7. The van der Waals surface area contributed by atoms with Crippen LogP contribution in [-0.4, -0.2) is 30.5 Å². The third-order valence-electron chi connectivity index (χ3n) is 3.73. The highest BCUT2D eigenvalue weighted by atomic mass is 32.2. The van der Waals surface area contributed by atoms with Gasteiger partial charge in [-0.15, -0.1) is 10.2 Å². The van der Waals surface area contributed by atoms with Crippen LogP contribution in [0.5, 0.6) is 0 Å². The average Bonchev–Trinajstić information content (AvgIpc) is 3.05. The van der Waals surface area contributed by atoms with Gasteiger partial charge in [0.05, 0.1) is 4.92 Å². The molecule has 2 aromatic heterocycles. The van der Waals surface area contributed by atoms with Gasteiger partial charge in [-0.3, -0.25) is 19.9 Å². The Balaban J connectivity index is 2.01. The van der Waals surface area contributed by atoms with Gasteiger partial charge in [-0.2, -0.15) is 0 Å². The first kappa shape index (κ1) is 17.7. The van der Waals surface area contributed by atoms with Crippen molar-refractivity contribution in [2.24, 2.45) is 0 Å². The summed E-state index contributed by atoms with van der Waals surface area (Å²) in [5.74, 6) is 0.455. The molecule has 0 aliphatic rings. The number of nitro groups is 1. The van der Waals surface area contributed by atoms with Gasteiger partial charge in [-0.05, 0) is 43.8 Å². The molecule has 0 unspecified atom stereocenters. The van der Waals surface area contributed by atoms with E-state index in [0.717, 1.165) is 5.56 Å². The lowest BCUT2D eigenvalue weighted by Crippen LogP contribution is -2.01. The Morgan fingerprint density at radius 1 is 1.23 bits per heavy atom. The van der Waals surface area contributed by atoms with Crippen LogP contribution >= 0.6 is 11.8 Å². The molecule has 0 atom stereocenters. The van der Waals surface area contributed by atoms with Crippen LogP contribution in [0.1, 0.15) is 24.2 Å². The lowest BCUT2D eigenvalue weighted by Gasteiger charge is -2.09. The van der Waals surface area contributed by atoms with Crippen LogP contribution in [0.4, 0.5) is 5.69 Å². The number of hydrogen-bond donors (Lipinski definition) is 0. The van der Waals surface area contributed by atoms with Gasteiger partial charge in [0.1, 0.15) is 0 Å². The minimum atomic E-state index is -0.517. The maximum Gasteiger partial charge on any atom is 0.270 e. The number of rotatable bonds is 6. The van der Waals surface area contributed by atoms with Crippen molar-refractivity contribution in [2.75, 3.05) is 0 Å². The van der Waals surface area contributed by atoms with Crippen LogP contribution in [0.3, 0.4) is 0 Å². The number of Topliss-reactive ketones (excluding diaryl/α,β-unsaturated/α-hetero) is 1. The van der Waals surface area contributed by atoms with E-state index >= 15 is 0 Å². The number of aromatic nitrogens is 4. The Morgan fingerprint density at radius 2 is 1.96 bits per heavy atom. The molecule has 0 fully saturated rings. The highest BCUT2D eigenvalue weighted by molar-refractivity contribution is 7.99. The highest BCUT2D eigenvalue weighted by Crippen LogP contribution is 2.33. The third-order valence-corrected chi connectivity index (χ3v) is 4.79. The van der Waals surface area contributed by atoms with Gasteiger partial charge in [0.25, 0.3) is 5.69 Å². The van der Waals surface area contributed by atoms with Gasteiger partial charge in [-0.25, -0.2) is 0 Å². The number of benzene rings is 1. The monoisotopic (exact) mass is 369 g/mol. The van der Waals surface area contributed by atoms with E-state index in [-0.39, 0.29) is 11.5 Å². The smallest absolute Gasteiger partial charge is 0.270 e. The third kappa shape index (κ3) is 3.47. The van der Waals surface area contributed by atoms with Gasteiger partial charge < -0.3 is 4.57 Å². The minimum Gasteiger partial charge on any atom is -0.302 e. The maximum atomic E-state index is 11.9. The van der Waals surface area contributed by atoms with Gasteiger partial charge in [0.15, 0.2) is 16.8 Å². The lowest BCUT2D eigenvalue weighted by atomic mass is 10.1. The Labute approximate surface area is 153 Å². The molecule has 0 N–H and O–H groups in total. The van der Waals surface area contributed by atoms with Crippen LogP contribution in [0.2, 0.25) is 0 Å². The van der Waals surface area contributed by atoms with Gasteiger partial charge >= 0.3 is 0 Å². The predicted molar refractivity (Wildman–Crippen MR) is 96.2 cm³/mol. The normalized spacial score (nSPS) is 10.7. The van der Waals surface area contributed by atoms with E-state index < -0.39 is 4.92 Å². The fourth-order valence-corrected chi connectivity index (χ4v) is 3.51. The van der Waals surface area contributed by atoms with Gasteiger partial charge in [0.2, 0.25) is 0 Å². The molecule has 0 spiro atoms. The molecule has 0 aliphatic carbocycles. The van der Waals surface area contributed by atoms with E-state index in [2.05, 4.69) is 15.2 Å². The van der Waals surface area contributed by atoms with Crippen LogP contribution in [0, 0.1) is 10.1 Å². The molecule has 3 aromatic rings. The molecule has 3 rings (SSSR count). The van der Waals surface area contributed by atoms with E-state index in [1.807, 2.05) is 23.6 Å². The predicted octanol–water partition coefficient (Wildman–Crippen LogP) is 3.62. The molecule has 1 aromatic carbocycles. The summed E-state index contributed by atoms with van der Waals surface area (Å²) in [5, 5.41) is 20.0. The van der Waals surface area contributed by atoms with Crippen molar-refractivity contribution < 1.29 is 9.72 Å². The van der Waals surface area contributed by atoms with Crippen molar-refractivity contribution in [1.29, 1.82) is 0 Å². The number of nitrogens with zero attached hydrogens (tertiary/aromatic N) is 5. The Morgan fingerprint density at radius 3 is 2.58 bits per heavy atom. The number of hydrogen-bond acceptors (Lipinski definition) is 7. The number of nitro benzene ring substituents is 1. The molecule has 0 bridgehead atoms. The number of non-ortho nitro benzene ring substituents is 1. The van der Waals surface area contributed by atoms with Crippen molar-refractivity contribution in [3.63, 3.8) is 0 Å². The summed E-state index contributed by atoms with van der Waals surface area (Å²) in [6, 6.07) is 7.93. The maximum absolute atomic E-state index is 11.9. The molecular weight excluding hydrogens is 354 g/mol. The van der Waals surface area contributed by atoms with Gasteiger partial charge in [0, 0.05) is 47.1 Å². The Bertz CT molecular complexity index is 972. The first-order valence-corrected chi connectivity index (χ1v) is 8.63. The molecule has 2 heterocycles. The molecule has 132 valence electrons. The summed E-state index contributed by atoms with van der Waals surface area (Å²) in [7, 11) is 0. The minimum absolute atomic E-state index is 0.117. The van der Waals surface area contributed by atoms with Crippen molar-refractivity contribution in [3.05, 3.63) is 58.4 Å². The van der Waals surface area contributed by atoms with Crippen LogP contribution in [0.25, 0.3) is 11.4 Å². The zero-order valence-corrected chi connectivity index (χ0v) is 14.9. The van der Waals surface area contributed by atoms with Crippen LogP contribution in [0.15, 0.2) is 52.8 Å². The molecule has 0 saturated carbocycles. The van der Waals surface area contributed by atoms with E-state index in [4.69, 9.17) is 0 Å². The Hall–Kier alpha value is -3.07.